The quantitative estimate of drug-likeness (QED) is 0.485. The molecule has 1 aliphatic heterocycles. The van der Waals surface area contributed by atoms with Crippen molar-refractivity contribution < 1.29 is 9.90 Å². The van der Waals surface area contributed by atoms with Gasteiger partial charge in [0.15, 0.2) is 11.4 Å². The van der Waals surface area contributed by atoms with Crippen molar-refractivity contribution in [1.29, 1.82) is 0 Å². The monoisotopic (exact) mass is 416 g/mol. The summed E-state index contributed by atoms with van der Waals surface area (Å²) in [4.78, 5) is 19.8. The van der Waals surface area contributed by atoms with E-state index < -0.39 is 5.60 Å². The van der Waals surface area contributed by atoms with Crippen LogP contribution in [-0.4, -0.2) is 42.2 Å². The fourth-order valence-corrected chi connectivity index (χ4v) is 4.01. The molecule has 1 aliphatic rings. The van der Waals surface area contributed by atoms with E-state index in [1.54, 1.807) is 44.3 Å². The second kappa shape index (κ2) is 7.31. The fraction of sp³-hybridized carbons (Fsp3) is 0.304. The molecule has 8 heteroatoms. The minimum Gasteiger partial charge on any atom is -0.386 e. The van der Waals surface area contributed by atoms with E-state index in [1.165, 1.54) is 11.3 Å². The summed E-state index contributed by atoms with van der Waals surface area (Å²) < 4.78 is 1.82. The molecule has 0 saturated carbocycles. The van der Waals surface area contributed by atoms with Crippen molar-refractivity contribution in [2.24, 2.45) is 0 Å². The molecule has 31 heavy (non-hydrogen) atoms. The molecule has 0 fully saturated rings. The zero-order valence-electron chi connectivity index (χ0n) is 17.5. The van der Waals surface area contributed by atoms with Crippen LogP contribution in [0.4, 0.5) is 5.82 Å². The molecule has 0 spiro atoms. The second-order valence-electron chi connectivity index (χ2n) is 8.49. The maximum atomic E-state index is 12.9. The molecular formula is C23H24N6O2. The Kier molecular flexibility index (Phi) is 4.59. The van der Waals surface area contributed by atoms with Gasteiger partial charge in [-0.3, -0.25) is 9.89 Å². The SMILES string of the molecule is CC(C)(O)c1ccc(C(=O)Cc2cc(N3CCc4[nH]ncc4C3)n3nccc3n2)cc1. The summed E-state index contributed by atoms with van der Waals surface area (Å²) in [6.45, 7) is 5.02. The van der Waals surface area contributed by atoms with E-state index in [-0.39, 0.29) is 12.2 Å². The van der Waals surface area contributed by atoms with Gasteiger partial charge in [-0.1, -0.05) is 24.3 Å². The van der Waals surface area contributed by atoms with Crippen molar-refractivity contribution in [1.82, 2.24) is 24.8 Å². The number of benzene rings is 1. The topological polar surface area (TPSA) is 99.4 Å². The Balaban J connectivity index is 1.42. The molecule has 4 aromatic rings. The Morgan fingerprint density at radius 1 is 1.23 bits per heavy atom. The number of Topliss-reactive ketones (excluding diaryl/α,β-unsaturated/α-hetero) is 1. The summed E-state index contributed by atoms with van der Waals surface area (Å²) in [7, 11) is 0. The molecule has 0 saturated heterocycles. The van der Waals surface area contributed by atoms with E-state index in [1.807, 2.05) is 22.8 Å². The van der Waals surface area contributed by atoms with Crippen LogP contribution in [0.25, 0.3) is 5.65 Å². The molecule has 0 aliphatic carbocycles. The minimum atomic E-state index is -0.936. The number of aromatic nitrogens is 5. The number of ketones is 1. The lowest BCUT2D eigenvalue weighted by Gasteiger charge is -2.28. The van der Waals surface area contributed by atoms with Gasteiger partial charge in [-0.2, -0.15) is 14.7 Å². The van der Waals surface area contributed by atoms with Gasteiger partial charge in [-0.25, -0.2) is 4.98 Å². The molecule has 0 unspecified atom stereocenters. The number of fused-ring (bicyclic) bond motifs is 2. The van der Waals surface area contributed by atoms with Gasteiger partial charge < -0.3 is 10.0 Å². The number of carbonyl (C=O) groups excluding carboxylic acids is 1. The van der Waals surface area contributed by atoms with Gasteiger partial charge in [0.1, 0.15) is 5.82 Å². The molecule has 1 aromatic carbocycles. The Morgan fingerprint density at radius 2 is 2.03 bits per heavy atom. The average Bonchev–Trinajstić information content (AvgIpc) is 3.41. The maximum absolute atomic E-state index is 12.9. The van der Waals surface area contributed by atoms with Gasteiger partial charge in [0.25, 0.3) is 0 Å². The zero-order chi connectivity index (χ0) is 21.6. The average molecular weight is 416 g/mol. The van der Waals surface area contributed by atoms with Crippen LogP contribution < -0.4 is 4.90 Å². The fourth-order valence-electron chi connectivity index (χ4n) is 4.01. The molecule has 8 nitrogen and oxygen atoms in total. The van der Waals surface area contributed by atoms with E-state index in [2.05, 4.69) is 25.2 Å². The summed E-state index contributed by atoms with van der Waals surface area (Å²) in [5.41, 5.74) is 4.21. The number of hydrogen-bond donors (Lipinski definition) is 2. The number of rotatable bonds is 5. The largest absolute Gasteiger partial charge is 0.386 e. The highest BCUT2D eigenvalue weighted by Gasteiger charge is 2.22. The van der Waals surface area contributed by atoms with Crippen LogP contribution in [-0.2, 0) is 25.0 Å². The molecule has 158 valence electrons. The van der Waals surface area contributed by atoms with Crippen LogP contribution in [0.2, 0.25) is 0 Å². The minimum absolute atomic E-state index is 0.0135. The summed E-state index contributed by atoms with van der Waals surface area (Å²) in [5, 5.41) is 21.8. The Labute approximate surface area is 179 Å². The maximum Gasteiger partial charge on any atom is 0.168 e. The summed E-state index contributed by atoms with van der Waals surface area (Å²) in [5.74, 6) is 0.905. The number of aromatic amines is 1. The molecular weight excluding hydrogens is 392 g/mol. The summed E-state index contributed by atoms with van der Waals surface area (Å²) in [6.07, 6.45) is 4.66. The molecule has 0 atom stereocenters. The molecule has 0 amide bonds. The molecule has 0 bridgehead atoms. The number of H-pyrrole nitrogens is 1. The van der Waals surface area contributed by atoms with Crippen LogP contribution >= 0.6 is 0 Å². The Morgan fingerprint density at radius 3 is 2.81 bits per heavy atom. The third-order valence-electron chi connectivity index (χ3n) is 5.77. The van der Waals surface area contributed by atoms with Crippen molar-refractivity contribution in [3.05, 3.63) is 76.9 Å². The van der Waals surface area contributed by atoms with Crippen LogP contribution in [0.15, 0.2) is 48.8 Å². The highest BCUT2D eigenvalue weighted by Crippen LogP contribution is 2.25. The van der Waals surface area contributed by atoms with E-state index in [9.17, 15) is 9.90 Å². The van der Waals surface area contributed by atoms with E-state index in [0.29, 0.717) is 11.3 Å². The van der Waals surface area contributed by atoms with Crippen molar-refractivity contribution in [2.45, 2.75) is 38.8 Å². The lowest BCUT2D eigenvalue weighted by molar-refractivity contribution is 0.0784. The number of aliphatic hydroxyl groups is 1. The molecule has 4 heterocycles. The highest BCUT2D eigenvalue weighted by molar-refractivity contribution is 5.97. The standard InChI is InChI=1S/C23H24N6O2/c1-23(2,31)17-5-3-15(4-6-17)20(30)11-18-12-22(29-21(26-18)7-9-25-29)28-10-8-19-16(14-28)13-24-27-19/h3-7,9,12-13,31H,8,10-11,14H2,1-2H3,(H,24,27). The van der Waals surface area contributed by atoms with Gasteiger partial charge in [0.05, 0.1) is 30.1 Å². The van der Waals surface area contributed by atoms with Crippen molar-refractivity contribution in [3.63, 3.8) is 0 Å². The Bertz CT molecular complexity index is 1250. The van der Waals surface area contributed by atoms with Gasteiger partial charge in [-0.15, -0.1) is 0 Å². The normalized spacial score (nSPS) is 14.1. The van der Waals surface area contributed by atoms with Crippen molar-refractivity contribution >= 4 is 17.2 Å². The third-order valence-corrected chi connectivity index (χ3v) is 5.77. The molecule has 3 aromatic heterocycles. The number of hydrogen-bond acceptors (Lipinski definition) is 6. The lowest BCUT2D eigenvalue weighted by atomic mass is 9.96. The van der Waals surface area contributed by atoms with E-state index in [0.717, 1.165) is 36.5 Å². The third kappa shape index (κ3) is 3.70. The Hall–Kier alpha value is -3.52. The van der Waals surface area contributed by atoms with Crippen molar-refractivity contribution in [2.75, 3.05) is 11.4 Å². The van der Waals surface area contributed by atoms with Crippen LogP contribution in [0.3, 0.4) is 0 Å². The van der Waals surface area contributed by atoms with Crippen LogP contribution in [0, 0.1) is 0 Å². The molecule has 5 rings (SSSR count). The van der Waals surface area contributed by atoms with Gasteiger partial charge in [0.2, 0.25) is 0 Å². The first-order valence-corrected chi connectivity index (χ1v) is 10.3. The van der Waals surface area contributed by atoms with Crippen LogP contribution in [0.5, 0.6) is 0 Å². The second-order valence-corrected chi connectivity index (χ2v) is 8.49. The predicted molar refractivity (Wildman–Crippen MR) is 116 cm³/mol. The van der Waals surface area contributed by atoms with Gasteiger partial charge in [0, 0.05) is 48.5 Å². The number of anilines is 1. The smallest absolute Gasteiger partial charge is 0.168 e. The molecule has 2 N–H and O–H groups in total. The molecule has 0 radical (unpaired) electrons. The van der Waals surface area contributed by atoms with Crippen LogP contribution in [0.1, 0.15) is 46.7 Å². The van der Waals surface area contributed by atoms with Gasteiger partial charge in [-0.05, 0) is 19.4 Å². The lowest BCUT2D eigenvalue weighted by Crippen LogP contribution is -2.32. The first-order valence-electron chi connectivity index (χ1n) is 10.3. The first-order chi connectivity index (χ1) is 14.9. The van der Waals surface area contributed by atoms with Gasteiger partial charge >= 0.3 is 0 Å². The number of nitrogens with one attached hydrogen (secondary N) is 1. The number of carbonyl (C=O) groups is 1. The first kappa shape index (κ1) is 19.4. The van der Waals surface area contributed by atoms with E-state index in [4.69, 9.17) is 0 Å². The number of nitrogens with zero attached hydrogens (tertiary/aromatic N) is 5. The summed E-state index contributed by atoms with van der Waals surface area (Å²) >= 11 is 0. The predicted octanol–water partition coefficient (Wildman–Crippen LogP) is 2.67. The van der Waals surface area contributed by atoms with E-state index >= 15 is 0 Å². The highest BCUT2D eigenvalue weighted by atomic mass is 16.3. The van der Waals surface area contributed by atoms with Crippen molar-refractivity contribution in [3.8, 4) is 0 Å². The summed E-state index contributed by atoms with van der Waals surface area (Å²) in [6, 6.07) is 10.9. The zero-order valence-corrected chi connectivity index (χ0v) is 17.5.